The number of fused-ring (bicyclic) bond motifs is 5. The van der Waals surface area contributed by atoms with Crippen LogP contribution in [0.5, 0.6) is 0 Å². The van der Waals surface area contributed by atoms with E-state index < -0.39 is 0 Å². The molecule has 1 N–H and O–H groups in total. The second kappa shape index (κ2) is 4.21. The number of nitrogens with one attached hydrogen (secondary N) is 1. The van der Waals surface area contributed by atoms with Crippen LogP contribution in [0.3, 0.4) is 0 Å². The second-order valence-electron chi connectivity index (χ2n) is 5.43. The Morgan fingerprint density at radius 3 is 2.90 bits per heavy atom. The van der Waals surface area contributed by atoms with Gasteiger partial charge in [0.2, 0.25) is 0 Å². The molecule has 3 heterocycles. The normalized spacial score (nSPS) is 16.5. The van der Waals surface area contributed by atoms with Crippen molar-refractivity contribution < 1.29 is 4.39 Å². The van der Waals surface area contributed by atoms with Gasteiger partial charge in [-0.1, -0.05) is 11.6 Å². The zero-order chi connectivity index (χ0) is 14.7. The standard InChI is InChI=1S/C16H13ClFN3/c1-8-5-11(18)10-7-14-16-12(3-4-15(17)20-16)19-9(2)21(14)13(10)6-8/h3-7,9,19H,1-2H3. The van der Waals surface area contributed by atoms with Gasteiger partial charge in [-0.3, -0.25) is 0 Å². The maximum atomic E-state index is 14.2. The molecule has 21 heavy (non-hydrogen) atoms. The van der Waals surface area contributed by atoms with Crippen molar-refractivity contribution in [2.45, 2.75) is 20.0 Å². The number of rotatable bonds is 0. The molecule has 1 unspecified atom stereocenters. The van der Waals surface area contributed by atoms with Crippen LogP contribution >= 0.6 is 11.6 Å². The van der Waals surface area contributed by atoms with E-state index in [1.54, 1.807) is 12.1 Å². The smallest absolute Gasteiger partial charge is 0.132 e. The Bertz CT molecular complexity index is 885. The van der Waals surface area contributed by atoms with Crippen LogP contribution in [-0.4, -0.2) is 9.55 Å². The molecular formula is C16H13ClFN3. The number of halogens is 2. The first-order valence-electron chi connectivity index (χ1n) is 6.79. The first-order chi connectivity index (χ1) is 10.0. The first kappa shape index (κ1) is 12.7. The molecule has 0 radical (unpaired) electrons. The second-order valence-corrected chi connectivity index (χ2v) is 5.82. The van der Waals surface area contributed by atoms with Gasteiger partial charge in [-0.05, 0) is 49.7 Å². The minimum absolute atomic E-state index is 0.0224. The molecule has 1 aliphatic heterocycles. The maximum absolute atomic E-state index is 14.2. The summed E-state index contributed by atoms with van der Waals surface area (Å²) in [6, 6.07) is 9.06. The summed E-state index contributed by atoms with van der Waals surface area (Å²) >= 11 is 6.01. The van der Waals surface area contributed by atoms with Crippen LogP contribution in [0.1, 0.15) is 18.7 Å². The van der Waals surface area contributed by atoms with E-state index in [1.165, 1.54) is 0 Å². The molecule has 0 spiro atoms. The number of pyridine rings is 1. The minimum atomic E-state index is -0.206. The zero-order valence-corrected chi connectivity index (χ0v) is 12.4. The van der Waals surface area contributed by atoms with Gasteiger partial charge in [-0.15, -0.1) is 0 Å². The lowest BCUT2D eigenvalue weighted by molar-refractivity contribution is 0.627. The number of aryl methyl sites for hydroxylation is 1. The van der Waals surface area contributed by atoms with Crippen LogP contribution in [-0.2, 0) is 0 Å². The third kappa shape index (κ3) is 1.75. The van der Waals surface area contributed by atoms with Crippen LogP contribution < -0.4 is 5.32 Å². The van der Waals surface area contributed by atoms with Crippen molar-refractivity contribution in [3.8, 4) is 11.4 Å². The summed E-state index contributed by atoms with van der Waals surface area (Å²) in [5.74, 6) is -0.206. The molecule has 5 heteroatoms. The zero-order valence-electron chi connectivity index (χ0n) is 11.6. The summed E-state index contributed by atoms with van der Waals surface area (Å²) in [5.41, 5.74) is 4.33. The molecule has 1 aliphatic rings. The highest BCUT2D eigenvalue weighted by Crippen LogP contribution is 2.40. The van der Waals surface area contributed by atoms with Crippen molar-refractivity contribution in [2.24, 2.45) is 0 Å². The average molecular weight is 302 g/mol. The summed E-state index contributed by atoms with van der Waals surface area (Å²) in [6.45, 7) is 3.94. The summed E-state index contributed by atoms with van der Waals surface area (Å²) in [7, 11) is 0. The Hall–Kier alpha value is -2.07. The number of aromatic nitrogens is 2. The van der Waals surface area contributed by atoms with Crippen LogP contribution in [0.4, 0.5) is 10.1 Å². The van der Waals surface area contributed by atoms with E-state index in [-0.39, 0.29) is 12.0 Å². The van der Waals surface area contributed by atoms with E-state index in [0.717, 1.165) is 28.2 Å². The van der Waals surface area contributed by atoms with E-state index in [9.17, 15) is 4.39 Å². The quantitative estimate of drug-likeness (QED) is 0.607. The number of anilines is 1. The lowest BCUT2D eigenvalue weighted by Gasteiger charge is -2.27. The predicted molar refractivity (Wildman–Crippen MR) is 83.2 cm³/mol. The van der Waals surface area contributed by atoms with Crippen molar-refractivity contribution in [3.05, 3.63) is 46.9 Å². The van der Waals surface area contributed by atoms with Crippen molar-refractivity contribution in [1.82, 2.24) is 9.55 Å². The van der Waals surface area contributed by atoms with E-state index in [0.29, 0.717) is 10.5 Å². The molecule has 0 amide bonds. The maximum Gasteiger partial charge on any atom is 0.132 e. The van der Waals surface area contributed by atoms with Gasteiger partial charge in [-0.2, -0.15) is 0 Å². The van der Waals surface area contributed by atoms with Gasteiger partial charge in [0.25, 0.3) is 0 Å². The Balaban J connectivity index is 2.12. The third-order valence-corrected chi connectivity index (χ3v) is 4.12. The Kier molecular flexibility index (Phi) is 2.54. The van der Waals surface area contributed by atoms with Crippen LogP contribution in [0, 0.1) is 12.7 Å². The summed E-state index contributed by atoms with van der Waals surface area (Å²) in [6.07, 6.45) is 0.0224. The fourth-order valence-electron chi connectivity index (χ4n) is 3.05. The van der Waals surface area contributed by atoms with Crippen molar-refractivity contribution >= 4 is 28.2 Å². The lowest BCUT2D eigenvalue weighted by atomic mass is 10.1. The number of hydrogen-bond acceptors (Lipinski definition) is 2. The molecule has 106 valence electrons. The fraction of sp³-hybridized carbons (Fsp3) is 0.188. The van der Waals surface area contributed by atoms with Crippen molar-refractivity contribution in [3.63, 3.8) is 0 Å². The van der Waals surface area contributed by atoms with E-state index in [1.807, 2.05) is 32.0 Å². The Morgan fingerprint density at radius 2 is 2.10 bits per heavy atom. The Labute approximate surface area is 126 Å². The molecule has 0 saturated carbocycles. The first-order valence-corrected chi connectivity index (χ1v) is 7.17. The van der Waals surface area contributed by atoms with E-state index in [2.05, 4.69) is 14.9 Å². The van der Waals surface area contributed by atoms with Gasteiger partial charge < -0.3 is 9.88 Å². The minimum Gasteiger partial charge on any atom is -0.363 e. The monoisotopic (exact) mass is 301 g/mol. The van der Waals surface area contributed by atoms with Gasteiger partial charge in [0.05, 0.1) is 16.9 Å². The highest BCUT2D eigenvalue weighted by atomic mass is 35.5. The molecule has 0 aliphatic carbocycles. The van der Waals surface area contributed by atoms with Crippen molar-refractivity contribution in [2.75, 3.05) is 5.32 Å². The van der Waals surface area contributed by atoms with Crippen LogP contribution in [0.25, 0.3) is 22.3 Å². The summed E-state index contributed by atoms with van der Waals surface area (Å²) in [5, 5.41) is 4.42. The highest BCUT2D eigenvalue weighted by molar-refractivity contribution is 6.29. The molecule has 0 saturated heterocycles. The molecule has 0 bridgehead atoms. The molecule has 2 aromatic heterocycles. The fourth-order valence-corrected chi connectivity index (χ4v) is 3.20. The van der Waals surface area contributed by atoms with Gasteiger partial charge >= 0.3 is 0 Å². The lowest BCUT2D eigenvalue weighted by Crippen LogP contribution is -2.21. The van der Waals surface area contributed by atoms with Gasteiger partial charge in [0.15, 0.2) is 0 Å². The number of nitrogens with zero attached hydrogens (tertiary/aromatic N) is 2. The molecule has 3 nitrogen and oxygen atoms in total. The third-order valence-electron chi connectivity index (χ3n) is 3.91. The molecule has 3 aromatic rings. The molecule has 1 atom stereocenters. The highest BCUT2D eigenvalue weighted by Gasteiger charge is 2.25. The largest absolute Gasteiger partial charge is 0.363 e. The summed E-state index contributed by atoms with van der Waals surface area (Å²) in [4.78, 5) is 4.40. The molecule has 1 aromatic carbocycles. The molecule has 0 fully saturated rings. The Morgan fingerprint density at radius 1 is 1.29 bits per heavy atom. The predicted octanol–water partition coefficient (Wildman–Crippen LogP) is 4.75. The van der Waals surface area contributed by atoms with E-state index in [4.69, 9.17) is 11.6 Å². The van der Waals surface area contributed by atoms with Gasteiger partial charge in [-0.25, -0.2) is 9.37 Å². The average Bonchev–Trinajstić information content (AvgIpc) is 2.80. The van der Waals surface area contributed by atoms with Gasteiger partial charge in [0.1, 0.15) is 22.8 Å². The number of hydrogen-bond donors (Lipinski definition) is 1. The van der Waals surface area contributed by atoms with Crippen LogP contribution in [0.2, 0.25) is 5.15 Å². The van der Waals surface area contributed by atoms with Crippen LogP contribution in [0.15, 0.2) is 30.3 Å². The van der Waals surface area contributed by atoms with Gasteiger partial charge in [0, 0.05) is 5.39 Å². The SMILES string of the molecule is Cc1cc(F)c2cc3n(c2c1)C(C)Nc1ccc(Cl)nc1-3. The van der Waals surface area contributed by atoms with E-state index >= 15 is 0 Å². The summed E-state index contributed by atoms with van der Waals surface area (Å²) < 4.78 is 16.3. The number of benzene rings is 1. The van der Waals surface area contributed by atoms with Crippen molar-refractivity contribution in [1.29, 1.82) is 0 Å². The molecular weight excluding hydrogens is 289 g/mol. The topological polar surface area (TPSA) is 29.9 Å². The molecule has 4 rings (SSSR count).